The summed E-state index contributed by atoms with van der Waals surface area (Å²) in [6, 6.07) is 6.08. The highest BCUT2D eigenvalue weighted by molar-refractivity contribution is 7.89. The normalized spacial score (nSPS) is 20.0. The summed E-state index contributed by atoms with van der Waals surface area (Å²) < 4.78 is 37.0. The van der Waals surface area contributed by atoms with Gasteiger partial charge in [0.1, 0.15) is 0 Å². The molecule has 0 spiro atoms. The number of carbonyl (C=O) groups is 1. The molecule has 2 aliphatic heterocycles. The van der Waals surface area contributed by atoms with Crippen LogP contribution in [0.4, 0.5) is 0 Å². The summed E-state index contributed by atoms with van der Waals surface area (Å²) >= 11 is 0. The molecule has 3 rings (SSSR count). The topological polar surface area (TPSA) is 88.2 Å². The van der Waals surface area contributed by atoms with Gasteiger partial charge in [0.25, 0.3) is 5.91 Å². The summed E-state index contributed by atoms with van der Waals surface area (Å²) in [5.74, 6) is -0.200. The lowest BCUT2D eigenvalue weighted by molar-refractivity contribution is 0.0383. The number of sulfonamides is 1. The Morgan fingerprint density at radius 1 is 0.962 bits per heavy atom. The molecule has 0 saturated carbocycles. The molecule has 9 heteroatoms. The SMILES string of the molecule is O=C(NCCN1CCOCC1)c1ccc(S(=O)(=O)N2CCOCC2)cc1. The van der Waals surface area contributed by atoms with Crippen LogP contribution >= 0.6 is 0 Å². The molecule has 144 valence electrons. The highest BCUT2D eigenvalue weighted by Gasteiger charge is 2.26. The average molecular weight is 383 g/mol. The molecule has 0 atom stereocenters. The standard InChI is InChI=1S/C17H25N3O5S/c21-17(18-5-6-19-7-11-24-12-8-19)15-1-3-16(4-2-15)26(22,23)20-9-13-25-14-10-20/h1-4H,5-14H2,(H,18,21). The first-order chi connectivity index (χ1) is 12.6. The minimum absolute atomic E-state index is 0.198. The van der Waals surface area contributed by atoms with Gasteiger partial charge < -0.3 is 14.8 Å². The molecule has 2 heterocycles. The molecule has 1 aromatic carbocycles. The molecule has 0 aromatic heterocycles. The van der Waals surface area contributed by atoms with E-state index < -0.39 is 10.0 Å². The Morgan fingerprint density at radius 2 is 1.54 bits per heavy atom. The number of nitrogens with one attached hydrogen (secondary N) is 1. The summed E-state index contributed by atoms with van der Waals surface area (Å²) in [5, 5.41) is 2.87. The van der Waals surface area contributed by atoms with E-state index in [4.69, 9.17) is 9.47 Å². The van der Waals surface area contributed by atoms with Crippen LogP contribution in [0, 0.1) is 0 Å². The Kier molecular flexibility index (Phi) is 6.60. The van der Waals surface area contributed by atoms with Gasteiger partial charge >= 0.3 is 0 Å². The minimum Gasteiger partial charge on any atom is -0.379 e. The van der Waals surface area contributed by atoms with Gasteiger partial charge in [-0.25, -0.2) is 8.42 Å². The second-order valence-electron chi connectivity index (χ2n) is 6.25. The maximum absolute atomic E-state index is 12.6. The van der Waals surface area contributed by atoms with Gasteiger partial charge in [-0.2, -0.15) is 4.31 Å². The third kappa shape index (κ3) is 4.80. The molecule has 1 aromatic rings. The molecule has 2 aliphatic rings. The highest BCUT2D eigenvalue weighted by Crippen LogP contribution is 2.17. The van der Waals surface area contributed by atoms with Crippen LogP contribution in [0.25, 0.3) is 0 Å². The summed E-state index contributed by atoms with van der Waals surface area (Å²) in [5.41, 5.74) is 0.452. The third-order valence-electron chi connectivity index (χ3n) is 4.54. The van der Waals surface area contributed by atoms with Gasteiger partial charge in [0.2, 0.25) is 10.0 Å². The lowest BCUT2D eigenvalue weighted by Gasteiger charge is -2.26. The summed E-state index contributed by atoms with van der Waals surface area (Å²) in [4.78, 5) is 14.7. The Morgan fingerprint density at radius 3 is 2.15 bits per heavy atom. The summed E-state index contributed by atoms with van der Waals surface area (Å²) in [6.07, 6.45) is 0. The van der Waals surface area contributed by atoms with Crippen LogP contribution in [0.5, 0.6) is 0 Å². The van der Waals surface area contributed by atoms with Crippen LogP contribution in [0.2, 0.25) is 0 Å². The fraction of sp³-hybridized carbons (Fsp3) is 0.588. The molecular weight excluding hydrogens is 358 g/mol. The maximum Gasteiger partial charge on any atom is 0.251 e. The number of carbonyl (C=O) groups excluding carboxylic acids is 1. The lowest BCUT2D eigenvalue weighted by atomic mass is 10.2. The summed E-state index contributed by atoms with van der Waals surface area (Å²) in [7, 11) is -3.53. The smallest absolute Gasteiger partial charge is 0.251 e. The van der Waals surface area contributed by atoms with E-state index in [0.29, 0.717) is 38.4 Å². The van der Waals surface area contributed by atoms with Crippen molar-refractivity contribution >= 4 is 15.9 Å². The fourth-order valence-corrected chi connectivity index (χ4v) is 4.38. The van der Waals surface area contributed by atoms with E-state index in [0.717, 1.165) is 32.8 Å². The van der Waals surface area contributed by atoms with Gasteiger partial charge in [-0.15, -0.1) is 0 Å². The molecule has 0 radical (unpaired) electrons. The Bertz CT molecular complexity index is 696. The fourth-order valence-electron chi connectivity index (χ4n) is 2.97. The van der Waals surface area contributed by atoms with Gasteiger partial charge in [-0.05, 0) is 24.3 Å². The molecule has 2 fully saturated rings. The third-order valence-corrected chi connectivity index (χ3v) is 6.45. The molecule has 8 nitrogen and oxygen atoms in total. The zero-order chi connectivity index (χ0) is 18.4. The van der Waals surface area contributed by atoms with E-state index in [1.54, 1.807) is 12.1 Å². The van der Waals surface area contributed by atoms with Crippen molar-refractivity contribution in [1.29, 1.82) is 0 Å². The predicted octanol–water partition coefficient (Wildman–Crippen LogP) is -0.230. The molecular formula is C17H25N3O5S. The number of hydrogen-bond donors (Lipinski definition) is 1. The number of nitrogens with zero attached hydrogens (tertiary/aromatic N) is 2. The zero-order valence-electron chi connectivity index (χ0n) is 14.7. The van der Waals surface area contributed by atoms with Gasteiger partial charge in [0.15, 0.2) is 0 Å². The van der Waals surface area contributed by atoms with Crippen molar-refractivity contribution in [2.75, 3.05) is 65.7 Å². The molecule has 2 saturated heterocycles. The Balaban J connectivity index is 1.53. The van der Waals surface area contributed by atoms with Crippen LogP contribution in [0.15, 0.2) is 29.2 Å². The highest BCUT2D eigenvalue weighted by atomic mass is 32.2. The first kappa shape index (κ1) is 19.2. The molecule has 1 amide bonds. The summed E-state index contributed by atoms with van der Waals surface area (Å²) in [6.45, 7) is 6.06. The van der Waals surface area contributed by atoms with Crippen molar-refractivity contribution in [3.05, 3.63) is 29.8 Å². The number of hydrogen-bond acceptors (Lipinski definition) is 6. The van der Waals surface area contributed by atoms with Crippen molar-refractivity contribution in [3.8, 4) is 0 Å². The zero-order valence-corrected chi connectivity index (χ0v) is 15.5. The van der Waals surface area contributed by atoms with Crippen molar-refractivity contribution in [2.24, 2.45) is 0 Å². The van der Waals surface area contributed by atoms with Crippen molar-refractivity contribution in [2.45, 2.75) is 4.90 Å². The van der Waals surface area contributed by atoms with Crippen molar-refractivity contribution < 1.29 is 22.7 Å². The van der Waals surface area contributed by atoms with E-state index in [1.807, 2.05) is 0 Å². The second kappa shape index (κ2) is 8.92. The minimum atomic E-state index is -3.53. The van der Waals surface area contributed by atoms with E-state index in [9.17, 15) is 13.2 Å². The van der Waals surface area contributed by atoms with E-state index in [-0.39, 0.29) is 10.8 Å². The maximum atomic E-state index is 12.6. The van der Waals surface area contributed by atoms with Crippen molar-refractivity contribution in [1.82, 2.24) is 14.5 Å². The first-order valence-electron chi connectivity index (χ1n) is 8.83. The van der Waals surface area contributed by atoms with Gasteiger partial charge in [-0.1, -0.05) is 0 Å². The van der Waals surface area contributed by atoms with E-state index in [1.165, 1.54) is 16.4 Å². The van der Waals surface area contributed by atoms with Gasteiger partial charge in [-0.3, -0.25) is 9.69 Å². The molecule has 0 unspecified atom stereocenters. The van der Waals surface area contributed by atoms with Crippen LogP contribution in [-0.4, -0.2) is 89.2 Å². The molecule has 0 bridgehead atoms. The second-order valence-corrected chi connectivity index (χ2v) is 8.19. The Hall–Kier alpha value is -1.52. The quantitative estimate of drug-likeness (QED) is 0.730. The molecule has 26 heavy (non-hydrogen) atoms. The number of morpholine rings is 2. The van der Waals surface area contributed by atoms with Crippen LogP contribution in [0.1, 0.15) is 10.4 Å². The van der Waals surface area contributed by atoms with Gasteiger partial charge in [0, 0.05) is 44.8 Å². The van der Waals surface area contributed by atoms with Crippen LogP contribution in [0.3, 0.4) is 0 Å². The first-order valence-corrected chi connectivity index (χ1v) is 10.3. The van der Waals surface area contributed by atoms with Crippen LogP contribution < -0.4 is 5.32 Å². The largest absolute Gasteiger partial charge is 0.379 e. The van der Waals surface area contributed by atoms with Gasteiger partial charge in [0.05, 0.1) is 31.3 Å². The lowest BCUT2D eigenvalue weighted by Crippen LogP contribution is -2.41. The van der Waals surface area contributed by atoms with Crippen LogP contribution in [-0.2, 0) is 19.5 Å². The molecule has 0 aliphatic carbocycles. The average Bonchev–Trinajstić information content (AvgIpc) is 2.69. The van der Waals surface area contributed by atoms with E-state index in [2.05, 4.69) is 10.2 Å². The predicted molar refractivity (Wildman–Crippen MR) is 95.6 cm³/mol. The number of amides is 1. The Labute approximate surface area is 154 Å². The van der Waals surface area contributed by atoms with E-state index >= 15 is 0 Å². The number of rotatable bonds is 6. The molecule has 1 N–H and O–H groups in total. The number of benzene rings is 1. The van der Waals surface area contributed by atoms with Crippen molar-refractivity contribution in [3.63, 3.8) is 0 Å². The monoisotopic (exact) mass is 383 g/mol. The number of ether oxygens (including phenoxy) is 2.